The van der Waals surface area contributed by atoms with Crippen LogP contribution < -0.4 is 0 Å². The van der Waals surface area contributed by atoms with Crippen LogP contribution in [0.2, 0.25) is 0 Å². The molecule has 2 saturated heterocycles. The third kappa shape index (κ3) is 4.20. The van der Waals surface area contributed by atoms with Crippen molar-refractivity contribution < 1.29 is 29.0 Å². The molecule has 1 unspecified atom stereocenters. The van der Waals surface area contributed by atoms with Gasteiger partial charge in [-0.05, 0) is 31.7 Å². The number of cyclic esters (lactones) is 1. The minimum absolute atomic E-state index is 0.212. The monoisotopic (exact) mass is 508 g/mol. The van der Waals surface area contributed by atoms with Gasteiger partial charge in [0.05, 0.1) is 30.8 Å². The third-order valence-electron chi connectivity index (χ3n) is 8.24. The number of ether oxygens (including phenoxy) is 2. The van der Waals surface area contributed by atoms with Crippen LogP contribution in [-0.4, -0.2) is 82.3 Å². The van der Waals surface area contributed by atoms with Gasteiger partial charge in [-0.25, -0.2) is 0 Å². The number of rotatable bonds is 7. The molecule has 1 aromatic carbocycles. The van der Waals surface area contributed by atoms with Crippen molar-refractivity contribution in [2.45, 2.75) is 62.8 Å². The Morgan fingerprint density at radius 1 is 1.08 bits per heavy atom. The van der Waals surface area contributed by atoms with Gasteiger partial charge in [-0.2, -0.15) is 0 Å². The maximum Gasteiger partial charge on any atom is 0.313 e. The lowest BCUT2D eigenvalue weighted by molar-refractivity contribution is -0.162. The Kier molecular flexibility index (Phi) is 6.98. The van der Waals surface area contributed by atoms with Gasteiger partial charge in [-0.15, -0.1) is 0 Å². The molecule has 2 fully saturated rings. The molecule has 0 radical (unpaired) electrons. The van der Waals surface area contributed by atoms with Crippen LogP contribution in [0.15, 0.2) is 54.6 Å². The number of aliphatic hydroxyl groups excluding tert-OH is 1. The molecule has 5 rings (SSSR count). The van der Waals surface area contributed by atoms with Gasteiger partial charge in [0.1, 0.15) is 17.6 Å². The summed E-state index contributed by atoms with van der Waals surface area (Å²) in [4.78, 5) is 45.2. The Morgan fingerprint density at radius 2 is 1.86 bits per heavy atom. The van der Waals surface area contributed by atoms with Crippen molar-refractivity contribution in [3.05, 3.63) is 60.2 Å². The molecule has 0 aliphatic carbocycles. The molecule has 0 aromatic heterocycles. The summed E-state index contributed by atoms with van der Waals surface area (Å²) in [5.41, 5.74) is -1.50. The summed E-state index contributed by atoms with van der Waals surface area (Å²) in [6.07, 6.45) is 10.2. The maximum absolute atomic E-state index is 14.4. The second-order valence-electron chi connectivity index (χ2n) is 10.7. The topological polar surface area (TPSA) is 96.4 Å². The van der Waals surface area contributed by atoms with Crippen LogP contribution in [0.1, 0.15) is 38.7 Å². The second kappa shape index (κ2) is 10.1. The lowest BCUT2D eigenvalue weighted by Gasteiger charge is -2.40. The molecular weight excluding hydrogens is 472 g/mol. The van der Waals surface area contributed by atoms with Gasteiger partial charge >= 0.3 is 5.97 Å². The molecule has 0 bridgehead atoms. The highest BCUT2D eigenvalue weighted by atomic mass is 16.6. The zero-order chi connectivity index (χ0) is 26.2. The van der Waals surface area contributed by atoms with E-state index in [4.69, 9.17) is 9.47 Å². The van der Waals surface area contributed by atoms with E-state index in [2.05, 4.69) is 6.92 Å². The van der Waals surface area contributed by atoms with Gasteiger partial charge in [0.2, 0.25) is 11.8 Å². The molecule has 1 spiro atoms. The molecule has 1 aromatic rings. The molecule has 1 N–H and O–H groups in total. The van der Waals surface area contributed by atoms with Crippen LogP contribution in [0, 0.1) is 11.8 Å². The molecule has 4 heterocycles. The first kappa shape index (κ1) is 25.7. The van der Waals surface area contributed by atoms with Crippen LogP contribution in [0.4, 0.5) is 0 Å². The number of hydrogen-bond acceptors (Lipinski definition) is 6. The standard InChI is InChI=1S/C29H36N2O6/c1-3-4-15-30-16-10-14-29-22(23-27(35)36-17-9-8-13-28(23,2)37-29)25(33)31(24(29)26(30)34)21(19-32)18-20-11-6-5-7-12-20/h5-8,10-14,21-24,32H,3-4,9,15-19H2,1-2H3/t21-,22+,23-,24?,28+,29+/m1/s1. The van der Waals surface area contributed by atoms with E-state index in [0.717, 1.165) is 18.4 Å². The highest BCUT2D eigenvalue weighted by Crippen LogP contribution is 2.57. The first-order valence-corrected chi connectivity index (χ1v) is 13.3. The summed E-state index contributed by atoms with van der Waals surface area (Å²) >= 11 is 0. The summed E-state index contributed by atoms with van der Waals surface area (Å²) in [5.74, 6) is -2.89. The largest absolute Gasteiger partial charge is 0.465 e. The molecule has 198 valence electrons. The van der Waals surface area contributed by atoms with Crippen LogP contribution in [0.25, 0.3) is 0 Å². The second-order valence-corrected chi connectivity index (χ2v) is 10.7. The summed E-state index contributed by atoms with van der Waals surface area (Å²) in [6, 6.07) is 7.95. The van der Waals surface area contributed by atoms with Crippen LogP contribution in [0.3, 0.4) is 0 Å². The van der Waals surface area contributed by atoms with Gasteiger partial charge in [-0.3, -0.25) is 14.4 Å². The first-order valence-electron chi connectivity index (χ1n) is 13.3. The number of carbonyl (C=O) groups is 3. The van der Waals surface area contributed by atoms with Crippen LogP contribution in [0.5, 0.6) is 0 Å². The molecule has 8 heteroatoms. The van der Waals surface area contributed by atoms with E-state index in [9.17, 15) is 19.5 Å². The van der Waals surface area contributed by atoms with Crippen molar-refractivity contribution in [2.75, 3.05) is 26.3 Å². The van der Waals surface area contributed by atoms with Crippen molar-refractivity contribution in [1.29, 1.82) is 0 Å². The first-order chi connectivity index (χ1) is 17.9. The molecule has 0 saturated carbocycles. The Balaban J connectivity index is 1.63. The van der Waals surface area contributed by atoms with E-state index in [1.54, 1.807) is 11.8 Å². The molecular formula is C29H36N2O6. The van der Waals surface area contributed by atoms with E-state index < -0.39 is 41.1 Å². The van der Waals surface area contributed by atoms with E-state index >= 15 is 0 Å². The minimum Gasteiger partial charge on any atom is -0.465 e. The van der Waals surface area contributed by atoms with Crippen molar-refractivity contribution >= 4 is 17.8 Å². The van der Waals surface area contributed by atoms with E-state index in [0.29, 0.717) is 25.9 Å². The normalized spacial score (nSPS) is 33.8. The zero-order valence-electron chi connectivity index (χ0n) is 21.5. The SMILES string of the molecule is CCCCN1CC=C[C@]23O[C@@]4(C)C=CCCOC(=O)[C@H]4[C@H]2C(=O)N([C@@H](CO)Cc2ccccc2)C3C1=O. The van der Waals surface area contributed by atoms with Gasteiger partial charge in [0, 0.05) is 13.1 Å². The average molecular weight is 509 g/mol. The highest BCUT2D eigenvalue weighted by Gasteiger charge is 2.75. The number of benzene rings is 1. The smallest absolute Gasteiger partial charge is 0.313 e. The lowest BCUT2D eigenvalue weighted by atomic mass is 9.74. The molecule has 8 nitrogen and oxygen atoms in total. The predicted octanol–water partition coefficient (Wildman–Crippen LogP) is 2.26. The summed E-state index contributed by atoms with van der Waals surface area (Å²) in [7, 11) is 0. The molecule has 2 amide bonds. The summed E-state index contributed by atoms with van der Waals surface area (Å²) in [5, 5.41) is 10.5. The summed E-state index contributed by atoms with van der Waals surface area (Å²) in [6.45, 7) is 4.74. The van der Waals surface area contributed by atoms with Gasteiger partial charge in [-0.1, -0.05) is 68.0 Å². The van der Waals surface area contributed by atoms with E-state index in [1.165, 1.54) is 4.90 Å². The Morgan fingerprint density at radius 3 is 2.59 bits per heavy atom. The van der Waals surface area contributed by atoms with Crippen molar-refractivity contribution in [3.8, 4) is 0 Å². The number of nitrogens with zero attached hydrogens (tertiary/aromatic N) is 2. The van der Waals surface area contributed by atoms with Crippen LogP contribution >= 0.6 is 0 Å². The number of hydrogen-bond donors (Lipinski definition) is 1. The van der Waals surface area contributed by atoms with E-state index in [-0.39, 0.29) is 25.0 Å². The number of esters is 1. The zero-order valence-corrected chi connectivity index (χ0v) is 21.5. The Hall–Kier alpha value is -2.97. The summed E-state index contributed by atoms with van der Waals surface area (Å²) < 4.78 is 12.3. The third-order valence-corrected chi connectivity index (χ3v) is 8.24. The van der Waals surface area contributed by atoms with Crippen molar-refractivity contribution in [2.24, 2.45) is 11.8 Å². The van der Waals surface area contributed by atoms with Crippen LogP contribution in [-0.2, 0) is 30.3 Å². The Labute approximate surface area is 217 Å². The number of amides is 2. The quantitative estimate of drug-likeness (QED) is 0.448. The van der Waals surface area contributed by atoms with Crippen molar-refractivity contribution in [1.82, 2.24) is 9.80 Å². The number of likely N-dealkylation sites (tertiary alicyclic amines) is 1. The fourth-order valence-electron chi connectivity index (χ4n) is 6.55. The van der Waals surface area contributed by atoms with Gasteiger partial charge < -0.3 is 24.4 Å². The van der Waals surface area contributed by atoms with Gasteiger partial charge in [0.25, 0.3) is 0 Å². The fourth-order valence-corrected chi connectivity index (χ4v) is 6.55. The van der Waals surface area contributed by atoms with Gasteiger partial charge in [0.15, 0.2) is 0 Å². The molecule has 4 aliphatic heterocycles. The number of carbonyl (C=O) groups excluding carboxylic acids is 3. The number of aliphatic hydroxyl groups is 1. The predicted molar refractivity (Wildman–Crippen MR) is 136 cm³/mol. The fraction of sp³-hybridized carbons (Fsp3) is 0.552. The lowest BCUT2D eigenvalue weighted by Crippen LogP contribution is -2.59. The van der Waals surface area contributed by atoms with E-state index in [1.807, 2.05) is 54.6 Å². The number of fused-ring (bicyclic) bond motifs is 2. The molecule has 37 heavy (non-hydrogen) atoms. The molecule has 4 aliphatic rings. The Bertz CT molecular complexity index is 1100. The highest BCUT2D eigenvalue weighted by molar-refractivity contribution is 5.99. The van der Waals surface area contributed by atoms with Crippen molar-refractivity contribution in [3.63, 3.8) is 0 Å². The molecule has 6 atom stereocenters. The number of unbranched alkanes of at least 4 members (excludes halogenated alkanes) is 1. The maximum atomic E-state index is 14.4. The average Bonchev–Trinajstić information content (AvgIpc) is 3.21. The minimum atomic E-state index is -1.34.